The number of carbonyl (C=O) groups excluding carboxylic acids is 2. The van der Waals surface area contributed by atoms with Crippen LogP contribution < -0.4 is 5.73 Å². The Kier molecular flexibility index (Phi) is 4.35. The summed E-state index contributed by atoms with van der Waals surface area (Å²) >= 11 is 0. The number of hydrogen-bond acceptors (Lipinski definition) is 3. The van der Waals surface area contributed by atoms with E-state index in [1.807, 2.05) is 19.1 Å². The Bertz CT molecular complexity index is 528. The third-order valence-electron chi connectivity index (χ3n) is 3.74. The standard InChI is InChI=1S/C15H22N4O2/c1-11-5-4-6-12(16)13(11)14(20)18-7-9-19(10-8-18)15(21)17(2)3/h4-6H,7-10,16H2,1-3H3. The molecule has 0 bridgehead atoms. The van der Waals surface area contributed by atoms with Crippen LogP contribution in [0.4, 0.5) is 10.5 Å². The van der Waals surface area contributed by atoms with Gasteiger partial charge >= 0.3 is 6.03 Å². The maximum atomic E-state index is 12.6. The van der Waals surface area contributed by atoms with Gasteiger partial charge in [0.25, 0.3) is 5.91 Å². The molecule has 3 amide bonds. The molecule has 1 saturated heterocycles. The van der Waals surface area contributed by atoms with Crippen LogP contribution in [0.15, 0.2) is 18.2 Å². The minimum Gasteiger partial charge on any atom is -0.398 e. The summed E-state index contributed by atoms with van der Waals surface area (Å²) in [4.78, 5) is 29.5. The number of nitrogen functional groups attached to an aromatic ring is 1. The second-order valence-corrected chi connectivity index (χ2v) is 5.50. The molecule has 6 nitrogen and oxygen atoms in total. The predicted octanol–water partition coefficient (Wildman–Crippen LogP) is 1.02. The van der Waals surface area contributed by atoms with Crippen molar-refractivity contribution in [1.29, 1.82) is 0 Å². The van der Waals surface area contributed by atoms with Gasteiger partial charge in [-0.2, -0.15) is 0 Å². The van der Waals surface area contributed by atoms with Gasteiger partial charge in [0.2, 0.25) is 0 Å². The van der Waals surface area contributed by atoms with Gasteiger partial charge in [-0.25, -0.2) is 4.79 Å². The molecule has 1 heterocycles. The molecule has 0 aromatic heterocycles. The molecule has 0 radical (unpaired) electrons. The highest BCUT2D eigenvalue weighted by Crippen LogP contribution is 2.19. The van der Waals surface area contributed by atoms with E-state index in [9.17, 15) is 9.59 Å². The monoisotopic (exact) mass is 290 g/mol. The van der Waals surface area contributed by atoms with Crippen LogP contribution in [0.25, 0.3) is 0 Å². The smallest absolute Gasteiger partial charge is 0.319 e. The Morgan fingerprint density at radius 2 is 1.67 bits per heavy atom. The molecule has 2 rings (SSSR count). The van der Waals surface area contributed by atoms with E-state index in [1.54, 1.807) is 34.9 Å². The Hall–Kier alpha value is -2.24. The summed E-state index contributed by atoms with van der Waals surface area (Å²) in [6.07, 6.45) is 0. The second-order valence-electron chi connectivity index (χ2n) is 5.50. The van der Waals surface area contributed by atoms with Gasteiger partial charge in [0, 0.05) is 46.0 Å². The Morgan fingerprint density at radius 3 is 2.19 bits per heavy atom. The highest BCUT2D eigenvalue weighted by Gasteiger charge is 2.27. The molecule has 0 aliphatic carbocycles. The number of aryl methyl sites for hydroxylation is 1. The van der Waals surface area contributed by atoms with Crippen molar-refractivity contribution in [3.63, 3.8) is 0 Å². The summed E-state index contributed by atoms with van der Waals surface area (Å²) in [6.45, 7) is 4.05. The second kappa shape index (κ2) is 6.03. The molecule has 0 unspecified atom stereocenters. The van der Waals surface area contributed by atoms with Crippen LogP contribution in [-0.2, 0) is 0 Å². The third kappa shape index (κ3) is 3.09. The molecule has 21 heavy (non-hydrogen) atoms. The number of hydrogen-bond donors (Lipinski definition) is 1. The van der Waals surface area contributed by atoms with E-state index >= 15 is 0 Å². The van der Waals surface area contributed by atoms with Gasteiger partial charge < -0.3 is 20.4 Å². The highest BCUT2D eigenvalue weighted by atomic mass is 16.2. The van der Waals surface area contributed by atoms with Gasteiger partial charge in [-0.15, -0.1) is 0 Å². The van der Waals surface area contributed by atoms with Gasteiger partial charge in [-0.3, -0.25) is 4.79 Å². The topological polar surface area (TPSA) is 69.9 Å². The molecule has 0 spiro atoms. The van der Waals surface area contributed by atoms with Crippen molar-refractivity contribution >= 4 is 17.6 Å². The number of amides is 3. The van der Waals surface area contributed by atoms with Crippen molar-refractivity contribution in [1.82, 2.24) is 14.7 Å². The molecule has 0 saturated carbocycles. The SMILES string of the molecule is Cc1cccc(N)c1C(=O)N1CCN(C(=O)N(C)C)CC1. The van der Waals surface area contributed by atoms with Crippen LogP contribution in [0.1, 0.15) is 15.9 Å². The van der Waals surface area contributed by atoms with Crippen LogP contribution in [0.2, 0.25) is 0 Å². The van der Waals surface area contributed by atoms with Crippen molar-refractivity contribution in [2.75, 3.05) is 46.0 Å². The largest absolute Gasteiger partial charge is 0.398 e. The average molecular weight is 290 g/mol. The molecule has 2 N–H and O–H groups in total. The first kappa shape index (κ1) is 15.2. The molecule has 6 heteroatoms. The molecule has 1 aliphatic rings. The van der Waals surface area contributed by atoms with Crippen molar-refractivity contribution in [3.8, 4) is 0 Å². The van der Waals surface area contributed by atoms with Crippen molar-refractivity contribution in [2.45, 2.75) is 6.92 Å². The van der Waals surface area contributed by atoms with E-state index in [0.717, 1.165) is 5.56 Å². The van der Waals surface area contributed by atoms with Crippen LogP contribution in [0, 0.1) is 6.92 Å². The fourth-order valence-corrected chi connectivity index (χ4v) is 2.52. The number of piperazine rings is 1. The normalized spacial score (nSPS) is 15.0. The number of carbonyl (C=O) groups is 2. The number of nitrogens with zero attached hydrogens (tertiary/aromatic N) is 3. The third-order valence-corrected chi connectivity index (χ3v) is 3.74. The van der Waals surface area contributed by atoms with Crippen LogP contribution in [0.3, 0.4) is 0 Å². The minimum absolute atomic E-state index is 0.0162. The zero-order valence-electron chi connectivity index (χ0n) is 12.8. The van der Waals surface area contributed by atoms with Crippen LogP contribution in [0.5, 0.6) is 0 Å². The lowest BCUT2D eigenvalue weighted by Crippen LogP contribution is -2.53. The predicted molar refractivity (Wildman–Crippen MR) is 82.2 cm³/mol. The summed E-state index contributed by atoms with van der Waals surface area (Å²) < 4.78 is 0. The number of urea groups is 1. The number of anilines is 1. The first-order chi connectivity index (χ1) is 9.91. The molecule has 114 valence electrons. The van der Waals surface area contributed by atoms with E-state index in [2.05, 4.69) is 0 Å². The maximum Gasteiger partial charge on any atom is 0.319 e. The van der Waals surface area contributed by atoms with E-state index in [0.29, 0.717) is 37.4 Å². The molecular formula is C15H22N4O2. The summed E-state index contributed by atoms with van der Waals surface area (Å²) in [7, 11) is 3.46. The highest BCUT2D eigenvalue weighted by molar-refractivity contribution is 6.00. The van der Waals surface area contributed by atoms with Crippen LogP contribution in [-0.4, -0.2) is 66.9 Å². The molecule has 1 aliphatic heterocycles. The van der Waals surface area contributed by atoms with Gasteiger partial charge in [-0.1, -0.05) is 12.1 Å². The van der Waals surface area contributed by atoms with Crippen molar-refractivity contribution in [2.24, 2.45) is 0 Å². The number of benzene rings is 1. The molecule has 1 aromatic carbocycles. The Balaban J connectivity index is 2.06. The lowest BCUT2D eigenvalue weighted by Gasteiger charge is -2.36. The maximum absolute atomic E-state index is 12.6. The average Bonchev–Trinajstić information content (AvgIpc) is 2.46. The summed E-state index contributed by atoms with van der Waals surface area (Å²) in [6, 6.07) is 5.45. The van der Waals surface area contributed by atoms with E-state index in [1.165, 1.54) is 0 Å². The Morgan fingerprint density at radius 1 is 1.10 bits per heavy atom. The van der Waals surface area contributed by atoms with Gasteiger partial charge in [0.15, 0.2) is 0 Å². The lowest BCUT2D eigenvalue weighted by atomic mass is 10.0. The molecule has 1 aromatic rings. The number of rotatable bonds is 1. The van der Waals surface area contributed by atoms with E-state index in [-0.39, 0.29) is 11.9 Å². The first-order valence-electron chi connectivity index (χ1n) is 7.02. The quantitative estimate of drug-likeness (QED) is 0.785. The van der Waals surface area contributed by atoms with Gasteiger partial charge in [0.05, 0.1) is 5.56 Å². The van der Waals surface area contributed by atoms with Gasteiger partial charge in [-0.05, 0) is 18.6 Å². The molecule has 0 atom stereocenters. The summed E-state index contributed by atoms with van der Waals surface area (Å²) in [5.41, 5.74) is 7.89. The zero-order valence-corrected chi connectivity index (χ0v) is 12.8. The fraction of sp³-hybridized carbons (Fsp3) is 0.467. The number of nitrogens with two attached hydrogens (primary N) is 1. The minimum atomic E-state index is -0.0532. The fourth-order valence-electron chi connectivity index (χ4n) is 2.52. The van der Waals surface area contributed by atoms with E-state index in [4.69, 9.17) is 5.73 Å². The summed E-state index contributed by atoms with van der Waals surface area (Å²) in [5.74, 6) is -0.0532. The first-order valence-corrected chi connectivity index (χ1v) is 7.02. The van der Waals surface area contributed by atoms with Gasteiger partial charge in [0.1, 0.15) is 0 Å². The Labute approximate surface area is 125 Å². The zero-order chi connectivity index (χ0) is 15.6. The lowest BCUT2D eigenvalue weighted by molar-refractivity contribution is 0.0650. The molecule has 1 fully saturated rings. The van der Waals surface area contributed by atoms with Crippen LogP contribution >= 0.6 is 0 Å². The van der Waals surface area contributed by atoms with E-state index < -0.39 is 0 Å². The van der Waals surface area contributed by atoms with Crippen molar-refractivity contribution in [3.05, 3.63) is 29.3 Å². The molecular weight excluding hydrogens is 268 g/mol. The van der Waals surface area contributed by atoms with Crippen molar-refractivity contribution < 1.29 is 9.59 Å². The summed E-state index contributed by atoms with van der Waals surface area (Å²) in [5, 5.41) is 0.